The standard InChI is InChI=1S/C12H16ClNO3S/c1-4-11(8-9(2)10(3)13)18(16,17)14-7-5-6-12(14)15/h4,8H,3,5-7H2,1-2H3/b9-8-,11-4+. The molecule has 4 nitrogen and oxygen atoms in total. The number of carbonyl (C=O) groups is 1. The van der Waals surface area contributed by atoms with E-state index in [1.807, 2.05) is 0 Å². The first-order valence-corrected chi connectivity index (χ1v) is 7.37. The van der Waals surface area contributed by atoms with E-state index >= 15 is 0 Å². The van der Waals surface area contributed by atoms with Gasteiger partial charge in [-0.15, -0.1) is 0 Å². The van der Waals surface area contributed by atoms with Crippen LogP contribution >= 0.6 is 11.6 Å². The molecule has 0 spiro atoms. The molecule has 18 heavy (non-hydrogen) atoms. The summed E-state index contributed by atoms with van der Waals surface area (Å²) in [5.41, 5.74) is 0.556. The highest BCUT2D eigenvalue weighted by Gasteiger charge is 2.33. The maximum Gasteiger partial charge on any atom is 0.266 e. The maximum atomic E-state index is 12.3. The molecule has 1 heterocycles. The van der Waals surface area contributed by atoms with Crippen LogP contribution in [0.4, 0.5) is 0 Å². The zero-order valence-electron chi connectivity index (χ0n) is 10.4. The molecule has 0 aliphatic carbocycles. The topological polar surface area (TPSA) is 54.5 Å². The lowest BCUT2D eigenvalue weighted by Gasteiger charge is -2.17. The van der Waals surface area contributed by atoms with Gasteiger partial charge >= 0.3 is 0 Å². The van der Waals surface area contributed by atoms with Crippen molar-refractivity contribution in [3.63, 3.8) is 0 Å². The van der Waals surface area contributed by atoms with E-state index in [1.165, 1.54) is 12.2 Å². The summed E-state index contributed by atoms with van der Waals surface area (Å²) in [5, 5.41) is 0.275. The molecule has 1 rings (SSSR count). The van der Waals surface area contributed by atoms with Crippen molar-refractivity contribution in [1.82, 2.24) is 4.31 Å². The number of rotatable bonds is 4. The molecule has 0 aromatic heterocycles. The number of hydrogen-bond donors (Lipinski definition) is 0. The van der Waals surface area contributed by atoms with Crippen molar-refractivity contribution in [1.29, 1.82) is 0 Å². The Labute approximate surface area is 113 Å². The highest BCUT2D eigenvalue weighted by Crippen LogP contribution is 2.24. The van der Waals surface area contributed by atoms with Crippen molar-refractivity contribution < 1.29 is 13.2 Å². The number of hydrogen-bond acceptors (Lipinski definition) is 3. The molecule has 0 N–H and O–H groups in total. The van der Waals surface area contributed by atoms with Crippen molar-refractivity contribution in [3.05, 3.63) is 34.2 Å². The van der Waals surface area contributed by atoms with Gasteiger partial charge in [0.05, 0.1) is 4.91 Å². The van der Waals surface area contributed by atoms with E-state index in [0.717, 1.165) is 4.31 Å². The second-order valence-corrected chi connectivity index (χ2v) is 6.32. The molecule has 1 saturated heterocycles. The van der Waals surface area contributed by atoms with E-state index < -0.39 is 10.0 Å². The first kappa shape index (κ1) is 15.0. The van der Waals surface area contributed by atoms with Crippen LogP contribution in [0.25, 0.3) is 0 Å². The second-order valence-electron chi connectivity index (χ2n) is 4.00. The summed E-state index contributed by atoms with van der Waals surface area (Å²) >= 11 is 5.70. The first-order valence-electron chi connectivity index (χ1n) is 5.55. The Kier molecular flexibility index (Phi) is 4.76. The van der Waals surface area contributed by atoms with Gasteiger partial charge in [-0.2, -0.15) is 0 Å². The molecule has 1 amide bonds. The lowest BCUT2D eigenvalue weighted by atomic mass is 10.2. The van der Waals surface area contributed by atoms with Gasteiger partial charge in [0.2, 0.25) is 5.91 Å². The minimum absolute atomic E-state index is 0.0667. The second kappa shape index (κ2) is 5.71. The Hall–Kier alpha value is -1.07. The molecule has 0 aromatic carbocycles. The van der Waals surface area contributed by atoms with Crippen molar-refractivity contribution in [2.75, 3.05) is 6.54 Å². The van der Waals surface area contributed by atoms with E-state index in [-0.39, 0.29) is 28.8 Å². The zero-order valence-corrected chi connectivity index (χ0v) is 12.0. The van der Waals surface area contributed by atoms with Crippen molar-refractivity contribution >= 4 is 27.5 Å². The highest BCUT2D eigenvalue weighted by atomic mass is 35.5. The number of allylic oxidation sites excluding steroid dienone is 4. The predicted molar refractivity (Wildman–Crippen MR) is 72.4 cm³/mol. The fourth-order valence-electron chi connectivity index (χ4n) is 1.60. The molecular weight excluding hydrogens is 274 g/mol. The van der Waals surface area contributed by atoms with Crippen LogP contribution in [0.1, 0.15) is 26.7 Å². The third kappa shape index (κ3) is 3.03. The molecule has 1 fully saturated rings. The van der Waals surface area contributed by atoms with Gasteiger partial charge in [0.15, 0.2) is 0 Å². The highest BCUT2D eigenvalue weighted by molar-refractivity contribution is 7.93. The Bertz CT molecular complexity index is 532. The molecule has 0 saturated carbocycles. The SMILES string of the molecule is C=C(Cl)/C(C)=C\C(=C/C)S(=O)(=O)N1CCCC1=O. The van der Waals surface area contributed by atoms with Crippen molar-refractivity contribution in [2.24, 2.45) is 0 Å². The molecule has 0 unspecified atom stereocenters. The lowest BCUT2D eigenvalue weighted by Crippen LogP contribution is -2.32. The van der Waals surface area contributed by atoms with Gasteiger partial charge in [-0.25, -0.2) is 12.7 Å². The molecule has 0 aromatic rings. The van der Waals surface area contributed by atoms with Gasteiger partial charge in [-0.3, -0.25) is 4.79 Å². The monoisotopic (exact) mass is 289 g/mol. The van der Waals surface area contributed by atoms with Crippen LogP contribution in [0, 0.1) is 0 Å². The fraction of sp³-hybridized carbons (Fsp3) is 0.417. The minimum Gasteiger partial charge on any atom is -0.274 e. The maximum absolute atomic E-state index is 12.3. The molecular formula is C12H16ClNO3S. The van der Waals surface area contributed by atoms with Crippen LogP contribution in [0.5, 0.6) is 0 Å². The van der Waals surface area contributed by atoms with E-state index in [0.29, 0.717) is 12.0 Å². The number of sulfonamides is 1. The number of amides is 1. The minimum atomic E-state index is -3.76. The summed E-state index contributed by atoms with van der Waals surface area (Å²) in [6, 6.07) is 0. The van der Waals surface area contributed by atoms with Crippen molar-refractivity contribution in [2.45, 2.75) is 26.7 Å². The Morgan fingerprint density at radius 2 is 2.11 bits per heavy atom. The Morgan fingerprint density at radius 3 is 2.50 bits per heavy atom. The average molecular weight is 290 g/mol. The van der Waals surface area contributed by atoms with Crippen LogP contribution in [0.2, 0.25) is 0 Å². The van der Waals surface area contributed by atoms with E-state index in [9.17, 15) is 13.2 Å². The largest absolute Gasteiger partial charge is 0.274 e. The normalized spacial score (nSPS) is 18.4. The Balaban J connectivity index is 3.14. The molecule has 1 aliphatic rings. The van der Waals surface area contributed by atoms with E-state index in [2.05, 4.69) is 6.58 Å². The first-order chi connectivity index (χ1) is 8.30. The van der Waals surface area contributed by atoms with Crippen molar-refractivity contribution in [3.8, 4) is 0 Å². The summed E-state index contributed by atoms with van der Waals surface area (Å²) in [6.07, 6.45) is 3.72. The summed E-state index contributed by atoms with van der Waals surface area (Å²) in [6.45, 7) is 7.05. The van der Waals surface area contributed by atoms with Gasteiger partial charge < -0.3 is 0 Å². The third-order valence-electron chi connectivity index (χ3n) is 2.69. The summed E-state index contributed by atoms with van der Waals surface area (Å²) in [4.78, 5) is 11.6. The van der Waals surface area contributed by atoms with Gasteiger partial charge in [0, 0.05) is 18.0 Å². The quantitative estimate of drug-likeness (QED) is 0.747. The van der Waals surface area contributed by atoms with E-state index in [1.54, 1.807) is 13.8 Å². The van der Waals surface area contributed by atoms with Gasteiger partial charge in [0.1, 0.15) is 0 Å². The summed E-state index contributed by atoms with van der Waals surface area (Å²) < 4.78 is 25.4. The Morgan fingerprint density at radius 1 is 1.50 bits per heavy atom. The smallest absolute Gasteiger partial charge is 0.266 e. The third-order valence-corrected chi connectivity index (χ3v) is 4.90. The van der Waals surface area contributed by atoms with Crippen LogP contribution in [-0.4, -0.2) is 25.2 Å². The van der Waals surface area contributed by atoms with Crippen LogP contribution < -0.4 is 0 Å². The van der Waals surface area contributed by atoms with Crippen LogP contribution in [-0.2, 0) is 14.8 Å². The van der Waals surface area contributed by atoms with Gasteiger partial charge in [-0.1, -0.05) is 24.3 Å². The number of nitrogens with zero attached hydrogens (tertiary/aromatic N) is 1. The average Bonchev–Trinajstić information content (AvgIpc) is 2.72. The van der Waals surface area contributed by atoms with Gasteiger partial charge in [-0.05, 0) is 31.9 Å². The molecule has 6 heteroatoms. The zero-order chi connectivity index (χ0) is 13.9. The molecule has 100 valence electrons. The molecule has 0 bridgehead atoms. The number of halogens is 1. The molecule has 0 radical (unpaired) electrons. The van der Waals surface area contributed by atoms with Crippen LogP contribution in [0.3, 0.4) is 0 Å². The lowest BCUT2D eigenvalue weighted by molar-refractivity contribution is -0.123. The molecule has 1 aliphatic heterocycles. The van der Waals surface area contributed by atoms with Crippen LogP contribution in [0.15, 0.2) is 34.2 Å². The summed E-state index contributed by atoms with van der Waals surface area (Å²) in [5.74, 6) is -0.356. The molecule has 0 atom stereocenters. The number of carbonyl (C=O) groups excluding carboxylic acids is 1. The van der Waals surface area contributed by atoms with E-state index in [4.69, 9.17) is 11.6 Å². The fourth-order valence-corrected chi connectivity index (χ4v) is 3.26. The predicted octanol–water partition coefficient (Wildman–Crippen LogP) is 2.54. The van der Waals surface area contributed by atoms with Gasteiger partial charge in [0.25, 0.3) is 10.0 Å². The summed E-state index contributed by atoms with van der Waals surface area (Å²) in [7, 11) is -3.76.